The molecule has 1 fully saturated rings. The summed E-state index contributed by atoms with van der Waals surface area (Å²) in [7, 11) is 0. The molecule has 2 rings (SSSR count). The van der Waals surface area contributed by atoms with Gasteiger partial charge < -0.3 is 5.32 Å². The minimum Gasteiger partial charge on any atom is -0.311 e. The fraction of sp³-hybridized carbons (Fsp3) is 0.625. The van der Waals surface area contributed by atoms with E-state index >= 15 is 0 Å². The average Bonchev–Trinajstić information content (AvgIpc) is 2.35. The zero-order valence-electron chi connectivity index (χ0n) is 11.5. The Morgan fingerprint density at radius 3 is 2.72 bits per heavy atom. The summed E-state index contributed by atoms with van der Waals surface area (Å²) in [6.07, 6.45) is 6.05. The number of hydrogen-bond donors (Lipinski definition) is 1. The molecule has 0 aliphatic heterocycles. The maximum Gasteiger partial charge on any atom is 0.126 e. The Kier molecular flexibility index (Phi) is 4.76. The lowest BCUT2D eigenvalue weighted by atomic mass is 9.85. The van der Waals surface area contributed by atoms with Crippen molar-refractivity contribution < 1.29 is 4.39 Å². The van der Waals surface area contributed by atoms with Crippen LogP contribution in [0.25, 0.3) is 0 Å². The molecule has 100 valence electrons. The van der Waals surface area contributed by atoms with Crippen LogP contribution in [0.5, 0.6) is 0 Å². The number of halogens is 1. The molecule has 0 bridgehead atoms. The molecule has 1 N–H and O–H groups in total. The van der Waals surface area contributed by atoms with Crippen LogP contribution < -0.4 is 5.32 Å². The Hall–Kier alpha value is -0.890. The van der Waals surface area contributed by atoms with Crippen molar-refractivity contribution in [1.82, 2.24) is 5.32 Å². The third kappa shape index (κ3) is 3.55. The topological polar surface area (TPSA) is 12.0 Å². The highest BCUT2D eigenvalue weighted by Crippen LogP contribution is 2.24. The highest BCUT2D eigenvalue weighted by molar-refractivity contribution is 5.18. The Balaban J connectivity index is 1.88. The van der Waals surface area contributed by atoms with Crippen LogP contribution in [0, 0.1) is 11.7 Å². The Labute approximate surface area is 110 Å². The van der Waals surface area contributed by atoms with Gasteiger partial charge in [0.15, 0.2) is 0 Å². The first-order valence-electron chi connectivity index (χ1n) is 7.16. The van der Waals surface area contributed by atoms with Gasteiger partial charge in [-0.2, -0.15) is 0 Å². The van der Waals surface area contributed by atoms with Gasteiger partial charge in [0.25, 0.3) is 0 Å². The second-order valence-electron chi connectivity index (χ2n) is 5.73. The first-order valence-corrected chi connectivity index (χ1v) is 7.16. The number of hydrogen-bond acceptors (Lipinski definition) is 1. The third-order valence-corrected chi connectivity index (χ3v) is 4.09. The molecular weight excluding hydrogens is 225 g/mol. The molecule has 18 heavy (non-hydrogen) atoms. The predicted octanol–water partition coefficient (Wildman–Crippen LogP) is 3.93. The van der Waals surface area contributed by atoms with Gasteiger partial charge >= 0.3 is 0 Å². The summed E-state index contributed by atoms with van der Waals surface area (Å²) in [5.41, 5.74) is 0.820. The number of rotatable bonds is 4. The highest BCUT2D eigenvalue weighted by Gasteiger charge is 2.22. The van der Waals surface area contributed by atoms with Gasteiger partial charge in [0.2, 0.25) is 0 Å². The van der Waals surface area contributed by atoms with Crippen LogP contribution in [0.15, 0.2) is 24.3 Å². The molecule has 3 unspecified atom stereocenters. The van der Waals surface area contributed by atoms with Crippen molar-refractivity contribution in [2.75, 3.05) is 0 Å². The maximum atomic E-state index is 13.6. The normalized spacial score (nSPS) is 25.9. The summed E-state index contributed by atoms with van der Waals surface area (Å²) >= 11 is 0. The van der Waals surface area contributed by atoms with Crippen LogP contribution >= 0.6 is 0 Å². The van der Waals surface area contributed by atoms with E-state index in [1.165, 1.54) is 25.7 Å². The number of benzene rings is 1. The fourth-order valence-electron chi connectivity index (χ4n) is 2.98. The van der Waals surface area contributed by atoms with Crippen molar-refractivity contribution in [2.24, 2.45) is 5.92 Å². The summed E-state index contributed by atoms with van der Waals surface area (Å²) in [5.74, 6) is 0.671. The van der Waals surface area contributed by atoms with Gasteiger partial charge in [-0.05, 0) is 43.7 Å². The van der Waals surface area contributed by atoms with Gasteiger partial charge in [0.05, 0.1) is 0 Å². The molecule has 1 aliphatic rings. The summed E-state index contributed by atoms with van der Waals surface area (Å²) < 4.78 is 13.6. The largest absolute Gasteiger partial charge is 0.311 e. The van der Waals surface area contributed by atoms with Gasteiger partial charge in [0, 0.05) is 12.1 Å². The van der Waals surface area contributed by atoms with Crippen LogP contribution in [0.1, 0.15) is 45.1 Å². The van der Waals surface area contributed by atoms with Crippen LogP contribution in [-0.4, -0.2) is 12.1 Å². The van der Waals surface area contributed by atoms with Gasteiger partial charge in [0.1, 0.15) is 5.82 Å². The Morgan fingerprint density at radius 2 is 2.00 bits per heavy atom. The molecule has 1 aromatic rings. The van der Waals surface area contributed by atoms with Crippen LogP contribution in [-0.2, 0) is 6.42 Å². The standard InChI is InChI=1S/C16H24FN/c1-12-7-3-6-10-16(12)18-13(2)11-14-8-4-5-9-15(14)17/h4-5,8-9,12-13,16,18H,3,6-7,10-11H2,1-2H3. The van der Waals surface area contributed by atoms with E-state index in [9.17, 15) is 4.39 Å². The minimum absolute atomic E-state index is 0.0807. The summed E-state index contributed by atoms with van der Waals surface area (Å²) in [4.78, 5) is 0. The molecule has 0 spiro atoms. The van der Waals surface area contributed by atoms with Crippen molar-refractivity contribution >= 4 is 0 Å². The van der Waals surface area contributed by atoms with Gasteiger partial charge in [-0.1, -0.05) is 38.0 Å². The van der Waals surface area contributed by atoms with E-state index in [0.29, 0.717) is 12.1 Å². The van der Waals surface area contributed by atoms with Gasteiger partial charge in [-0.15, -0.1) is 0 Å². The molecule has 3 atom stereocenters. The molecule has 0 amide bonds. The maximum absolute atomic E-state index is 13.6. The average molecular weight is 249 g/mol. The fourth-order valence-corrected chi connectivity index (χ4v) is 2.98. The quantitative estimate of drug-likeness (QED) is 0.852. The summed E-state index contributed by atoms with van der Waals surface area (Å²) in [6, 6.07) is 8.05. The SMILES string of the molecule is CC(Cc1ccccc1F)NC1CCCCC1C. The molecule has 0 radical (unpaired) electrons. The molecule has 0 heterocycles. The second-order valence-corrected chi connectivity index (χ2v) is 5.73. The molecule has 0 aromatic heterocycles. The summed E-state index contributed by atoms with van der Waals surface area (Å²) in [5, 5.41) is 3.68. The third-order valence-electron chi connectivity index (χ3n) is 4.09. The van der Waals surface area contributed by atoms with Crippen molar-refractivity contribution in [2.45, 2.75) is 58.0 Å². The molecule has 1 aromatic carbocycles. The highest BCUT2D eigenvalue weighted by atomic mass is 19.1. The van der Waals surface area contributed by atoms with Crippen molar-refractivity contribution in [3.8, 4) is 0 Å². The molecule has 0 saturated heterocycles. The smallest absolute Gasteiger partial charge is 0.126 e. The van der Waals surface area contributed by atoms with Gasteiger partial charge in [-0.25, -0.2) is 4.39 Å². The van der Waals surface area contributed by atoms with Crippen LogP contribution in [0.3, 0.4) is 0 Å². The van der Waals surface area contributed by atoms with Crippen LogP contribution in [0.4, 0.5) is 4.39 Å². The first kappa shape index (κ1) is 13.5. The van der Waals surface area contributed by atoms with Crippen molar-refractivity contribution in [3.63, 3.8) is 0 Å². The van der Waals surface area contributed by atoms with E-state index in [1.54, 1.807) is 12.1 Å². The zero-order chi connectivity index (χ0) is 13.0. The first-order chi connectivity index (χ1) is 8.66. The summed E-state index contributed by atoms with van der Waals surface area (Å²) in [6.45, 7) is 4.49. The minimum atomic E-state index is -0.0807. The molecule has 1 nitrogen and oxygen atoms in total. The molecule has 1 saturated carbocycles. The lowest BCUT2D eigenvalue weighted by molar-refractivity contribution is 0.261. The van der Waals surface area contributed by atoms with E-state index in [0.717, 1.165) is 17.9 Å². The monoisotopic (exact) mass is 249 g/mol. The van der Waals surface area contributed by atoms with E-state index in [4.69, 9.17) is 0 Å². The Morgan fingerprint density at radius 1 is 1.28 bits per heavy atom. The number of nitrogens with one attached hydrogen (secondary N) is 1. The van der Waals surface area contributed by atoms with E-state index in [1.807, 2.05) is 12.1 Å². The van der Waals surface area contributed by atoms with Crippen LogP contribution in [0.2, 0.25) is 0 Å². The predicted molar refractivity (Wildman–Crippen MR) is 74.1 cm³/mol. The van der Waals surface area contributed by atoms with Gasteiger partial charge in [-0.3, -0.25) is 0 Å². The molecule has 2 heteroatoms. The Bertz CT molecular complexity index is 377. The van der Waals surface area contributed by atoms with E-state index in [2.05, 4.69) is 19.2 Å². The lowest BCUT2D eigenvalue weighted by Crippen LogP contribution is -2.43. The van der Waals surface area contributed by atoms with Crippen molar-refractivity contribution in [1.29, 1.82) is 0 Å². The second kappa shape index (κ2) is 6.33. The molecular formula is C16H24FN. The van der Waals surface area contributed by atoms with E-state index in [-0.39, 0.29) is 5.82 Å². The lowest BCUT2D eigenvalue weighted by Gasteiger charge is -2.32. The van der Waals surface area contributed by atoms with E-state index < -0.39 is 0 Å². The van der Waals surface area contributed by atoms with Crippen molar-refractivity contribution in [3.05, 3.63) is 35.6 Å². The molecule has 1 aliphatic carbocycles. The zero-order valence-corrected chi connectivity index (χ0v) is 11.5.